The van der Waals surface area contributed by atoms with Crippen LogP contribution in [-0.2, 0) is 11.2 Å². The average Bonchev–Trinajstić information content (AvgIpc) is 2.28. The second kappa shape index (κ2) is 5.39. The van der Waals surface area contributed by atoms with Crippen LogP contribution in [0.15, 0.2) is 18.2 Å². The molecule has 0 aliphatic carbocycles. The number of esters is 1. The number of benzene rings is 1. The molecule has 0 radical (unpaired) electrons. The minimum absolute atomic E-state index is 0.353. The molecule has 0 atom stereocenters. The van der Waals surface area contributed by atoms with Crippen LogP contribution in [0.4, 0.5) is 0 Å². The Labute approximate surface area is 90.0 Å². The predicted molar refractivity (Wildman–Crippen MR) is 58.3 cm³/mol. The Morgan fingerprint density at radius 2 is 2.07 bits per heavy atom. The fraction of sp³-hybridized carbons (Fsp3) is 0.417. The maximum absolute atomic E-state index is 11.5. The second-order valence-corrected chi connectivity index (χ2v) is 3.07. The summed E-state index contributed by atoms with van der Waals surface area (Å²) < 4.78 is 10.2. The summed E-state index contributed by atoms with van der Waals surface area (Å²) in [5.74, 6) is 0.295. The summed E-state index contributed by atoms with van der Waals surface area (Å²) in [6.07, 6.45) is 0.833. The summed E-state index contributed by atoms with van der Waals surface area (Å²) in [5, 5.41) is 0. The topological polar surface area (TPSA) is 35.5 Å². The number of carbonyl (C=O) groups excluding carboxylic acids is 1. The largest absolute Gasteiger partial charge is 0.493 e. The van der Waals surface area contributed by atoms with Crippen molar-refractivity contribution in [2.45, 2.75) is 20.3 Å². The van der Waals surface area contributed by atoms with E-state index in [-0.39, 0.29) is 5.97 Å². The van der Waals surface area contributed by atoms with Crippen LogP contribution in [0.25, 0.3) is 0 Å². The number of para-hydroxylation sites is 1. The maximum atomic E-state index is 11.5. The Hall–Kier alpha value is -1.51. The van der Waals surface area contributed by atoms with Gasteiger partial charge in [0.25, 0.3) is 0 Å². The van der Waals surface area contributed by atoms with Crippen molar-refractivity contribution >= 4 is 5.97 Å². The van der Waals surface area contributed by atoms with Gasteiger partial charge in [-0.3, -0.25) is 0 Å². The summed E-state index contributed by atoms with van der Waals surface area (Å²) in [5.41, 5.74) is 1.53. The van der Waals surface area contributed by atoms with Crippen molar-refractivity contribution in [2.75, 3.05) is 13.7 Å². The van der Waals surface area contributed by atoms with E-state index in [1.54, 1.807) is 6.07 Å². The van der Waals surface area contributed by atoms with E-state index in [0.29, 0.717) is 17.9 Å². The number of hydrogen-bond acceptors (Lipinski definition) is 3. The molecule has 0 aromatic heterocycles. The SMILES string of the molecule is CCOc1c(CC)cccc1C(=O)OC. The lowest BCUT2D eigenvalue weighted by Crippen LogP contribution is -2.07. The first-order valence-corrected chi connectivity index (χ1v) is 5.07. The molecule has 0 unspecified atom stereocenters. The Balaban J connectivity index is 3.18. The molecule has 0 saturated carbocycles. The zero-order valence-electron chi connectivity index (χ0n) is 9.37. The summed E-state index contributed by atoms with van der Waals surface area (Å²) in [6, 6.07) is 5.51. The molecule has 15 heavy (non-hydrogen) atoms. The van der Waals surface area contributed by atoms with Crippen LogP contribution in [0.2, 0.25) is 0 Å². The molecule has 3 nitrogen and oxygen atoms in total. The normalized spacial score (nSPS) is 9.80. The van der Waals surface area contributed by atoms with E-state index in [2.05, 4.69) is 0 Å². The van der Waals surface area contributed by atoms with E-state index in [1.165, 1.54) is 7.11 Å². The van der Waals surface area contributed by atoms with E-state index in [1.807, 2.05) is 26.0 Å². The van der Waals surface area contributed by atoms with Crippen LogP contribution in [-0.4, -0.2) is 19.7 Å². The highest BCUT2D eigenvalue weighted by Gasteiger charge is 2.15. The monoisotopic (exact) mass is 208 g/mol. The lowest BCUT2D eigenvalue weighted by molar-refractivity contribution is 0.0596. The standard InChI is InChI=1S/C12H16O3/c1-4-9-7-6-8-10(12(13)14-3)11(9)15-5-2/h6-8H,4-5H2,1-3H3. The van der Waals surface area contributed by atoms with Crippen LogP contribution in [0, 0.1) is 0 Å². The molecule has 0 saturated heterocycles. The fourth-order valence-corrected chi connectivity index (χ4v) is 1.45. The Kier molecular flexibility index (Phi) is 4.16. The lowest BCUT2D eigenvalue weighted by Gasteiger charge is -2.12. The van der Waals surface area contributed by atoms with Gasteiger partial charge >= 0.3 is 5.97 Å². The molecular weight excluding hydrogens is 192 g/mol. The van der Waals surface area contributed by atoms with Gasteiger partial charge in [0.2, 0.25) is 0 Å². The van der Waals surface area contributed by atoms with Crippen LogP contribution < -0.4 is 4.74 Å². The number of ether oxygens (including phenoxy) is 2. The quantitative estimate of drug-likeness (QED) is 0.713. The van der Waals surface area contributed by atoms with Crippen molar-refractivity contribution in [3.63, 3.8) is 0 Å². The molecule has 0 N–H and O–H groups in total. The Morgan fingerprint density at radius 1 is 1.33 bits per heavy atom. The summed E-state index contributed by atoms with van der Waals surface area (Å²) >= 11 is 0. The van der Waals surface area contributed by atoms with E-state index in [0.717, 1.165) is 12.0 Å². The Bertz CT molecular complexity index is 345. The molecule has 1 aromatic rings. The summed E-state index contributed by atoms with van der Waals surface area (Å²) in [7, 11) is 1.37. The minimum atomic E-state index is -0.353. The Morgan fingerprint density at radius 3 is 2.60 bits per heavy atom. The first kappa shape index (κ1) is 11.6. The van der Waals surface area contributed by atoms with Crippen molar-refractivity contribution in [1.29, 1.82) is 0 Å². The van der Waals surface area contributed by atoms with Crippen molar-refractivity contribution in [3.8, 4) is 5.75 Å². The highest BCUT2D eigenvalue weighted by molar-refractivity contribution is 5.92. The van der Waals surface area contributed by atoms with Gasteiger partial charge in [0, 0.05) is 0 Å². The van der Waals surface area contributed by atoms with Gasteiger partial charge in [-0.1, -0.05) is 19.1 Å². The molecule has 3 heteroatoms. The van der Waals surface area contributed by atoms with Gasteiger partial charge in [0.05, 0.1) is 13.7 Å². The maximum Gasteiger partial charge on any atom is 0.341 e. The zero-order valence-corrected chi connectivity index (χ0v) is 9.37. The van der Waals surface area contributed by atoms with Crippen LogP contribution in [0.3, 0.4) is 0 Å². The van der Waals surface area contributed by atoms with Gasteiger partial charge in [-0.15, -0.1) is 0 Å². The van der Waals surface area contributed by atoms with Crippen molar-refractivity contribution < 1.29 is 14.3 Å². The van der Waals surface area contributed by atoms with Gasteiger partial charge in [-0.25, -0.2) is 4.79 Å². The molecule has 1 rings (SSSR count). The van der Waals surface area contributed by atoms with Crippen molar-refractivity contribution in [2.24, 2.45) is 0 Å². The lowest BCUT2D eigenvalue weighted by atomic mass is 10.1. The second-order valence-electron chi connectivity index (χ2n) is 3.07. The first-order chi connectivity index (χ1) is 7.24. The highest BCUT2D eigenvalue weighted by atomic mass is 16.5. The number of methoxy groups -OCH3 is 1. The first-order valence-electron chi connectivity index (χ1n) is 5.07. The molecule has 0 spiro atoms. The molecule has 0 bridgehead atoms. The zero-order chi connectivity index (χ0) is 11.3. The number of carbonyl (C=O) groups is 1. The van der Waals surface area contributed by atoms with Gasteiger partial charge in [-0.05, 0) is 25.0 Å². The summed E-state index contributed by atoms with van der Waals surface area (Å²) in [4.78, 5) is 11.5. The van der Waals surface area contributed by atoms with E-state index >= 15 is 0 Å². The molecular formula is C12H16O3. The molecule has 0 amide bonds. The molecule has 0 fully saturated rings. The third-order valence-corrected chi connectivity index (χ3v) is 2.17. The fourth-order valence-electron chi connectivity index (χ4n) is 1.45. The van der Waals surface area contributed by atoms with Crippen molar-refractivity contribution in [1.82, 2.24) is 0 Å². The van der Waals surface area contributed by atoms with Gasteiger partial charge in [-0.2, -0.15) is 0 Å². The van der Waals surface area contributed by atoms with Gasteiger partial charge < -0.3 is 9.47 Å². The highest BCUT2D eigenvalue weighted by Crippen LogP contribution is 2.25. The van der Waals surface area contributed by atoms with Crippen LogP contribution >= 0.6 is 0 Å². The third kappa shape index (κ3) is 2.49. The number of hydrogen-bond donors (Lipinski definition) is 0. The predicted octanol–water partition coefficient (Wildman–Crippen LogP) is 2.43. The molecule has 1 aromatic carbocycles. The number of aryl methyl sites for hydroxylation is 1. The van der Waals surface area contributed by atoms with Gasteiger partial charge in [0.15, 0.2) is 0 Å². The minimum Gasteiger partial charge on any atom is -0.493 e. The van der Waals surface area contributed by atoms with Gasteiger partial charge in [0.1, 0.15) is 11.3 Å². The third-order valence-electron chi connectivity index (χ3n) is 2.17. The van der Waals surface area contributed by atoms with E-state index in [9.17, 15) is 4.79 Å². The van der Waals surface area contributed by atoms with Crippen LogP contribution in [0.5, 0.6) is 5.75 Å². The molecule has 82 valence electrons. The molecule has 0 heterocycles. The smallest absolute Gasteiger partial charge is 0.341 e. The summed E-state index contributed by atoms with van der Waals surface area (Å²) in [6.45, 7) is 4.47. The van der Waals surface area contributed by atoms with Crippen molar-refractivity contribution in [3.05, 3.63) is 29.3 Å². The average molecular weight is 208 g/mol. The van der Waals surface area contributed by atoms with E-state index < -0.39 is 0 Å². The number of rotatable bonds is 4. The van der Waals surface area contributed by atoms with Crippen LogP contribution in [0.1, 0.15) is 29.8 Å². The molecule has 0 aliphatic heterocycles. The van der Waals surface area contributed by atoms with E-state index in [4.69, 9.17) is 9.47 Å². The molecule has 0 aliphatic rings.